The number of rotatable bonds is 6. The minimum atomic E-state index is 0. The van der Waals surface area contributed by atoms with Crippen LogP contribution < -0.4 is 10.5 Å². The van der Waals surface area contributed by atoms with Gasteiger partial charge in [-0.25, -0.2) is 0 Å². The van der Waals surface area contributed by atoms with E-state index in [-0.39, 0.29) is 18.4 Å². The number of likely N-dealkylation sites (tertiary alicyclic amines) is 1. The first-order valence-corrected chi connectivity index (χ1v) is 10.5. The Labute approximate surface area is 186 Å². The largest absolute Gasteiger partial charge is 0.496 e. The van der Waals surface area contributed by atoms with Crippen LogP contribution in [0.25, 0.3) is 0 Å². The maximum Gasteiger partial charge on any atom is 0.123 e. The molecule has 1 fully saturated rings. The van der Waals surface area contributed by atoms with Crippen LogP contribution in [0.3, 0.4) is 0 Å². The maximum atomic E-state index is 6.71. The number of nitrogens with two attached hydrogens (primary N) is 1. The lowest BCUT2D eigenvalue weighted by Crippen LogP contribution is -2.49. The molecule has 0 radical (unpaired) electrons. The second kappa shape index (κ2) is 10.6. The molecule has 0 aliphatic carbocycles. The van der Waals surface area contributed by atoms with Gasteiger partial charge in [-0.2, -0.15) is 0 Å². The molecule has 3 aromatic rings. The SMILES string of the molecule is COc1ccccc1CN1CCC(N)C(C(c2ccccc2)c2ccccc2)C1.Cl. The number of benzene rings is 3. The molecule has 30 heavy (non-hydrogen) atoms. The van der Waals surface area contributed by atoms with E-state index in [0.717, 1.165) is 31.8 Å². The van der Waals surface area contributed by atoms with Crippen LogP contribution in [0.15, 0.2) is 84.9 Å². The van der Waals surface area contributed by atoms with Crippen molar-refractivity contribution in [2.75, 3.05) is 20.2 Å². The van der Waals surface area contributed by atoms with Gasteiger partial charge < -0.3 is 10.5 Å². The van der Waals surface area contributed by atoms with Crippen LogP contribution in [-0.4, -0.2) is 31.1 Å². The minimum absolute atomic E-state index is 0. The summed E-state index contributed by atoms with van der Waals surface area (Å²) in [5.74, 6) is 1.62. The number of halogens is 1. The normalized spacial score (nSPS) is 19.3. The van der Waals surface area contributed by atoms with Gasteiger partial charge in [-0.3, -0.25) is 4.90 Å². The van der Waals surface area contributed by atoms with Gasteiger partial charge in [0, 0.05) is 30.6 Å². The molecule has 3 nitrogen and oxygen atoms in total. The van der Waals surface area contributed by atoms with E-state index in [1.807, 2.05) is 12.1 Å². The van der Waals surface area contributed by atoms with Gasteiger partial charge in [-0.05, 0) is 36.1 Å². The van der Waals surface area contributed by atoms with Crippen LogP contribution in [0.1, 0.15) is 29.0 Å². The molecule has 0 aromatic heterocycles. The molecular weight excluding hydrogens is 392 g/mol. The zero-order valence-electron chi connectivity index (χ0n) is 17.5. The summed E-state index contributed by atoms with van der Waals surface area (Å²) in [6.07, 6.45) is 1.01. The Hall–Kier alpha value is -2.33. The summed E-state index contributed by atoms with van der Waals surface area (Å²) in [4.78, 5) is 2.53. The number of nitrogens with zero attached hydrogens (tertiary/aromatic N) is 1. The molecule has 2 N–H and O–H groups in total. The summed E-state index contributed by atoms with van der Waals surface area (Å²) in [6, 6.07) is 30.2. The molecule has 0 bridgehead atoms. The van der Waals surface area contributed by atoms with Gasteiger partial charge >= 0.3 is 0 Å². The molecule has 0 saturated carbocycles. The van der Waals surface area contributed by atoms with E-state index in [0.29, 0.717) is 11.8 Å². The predicted molar refractivity (Wildman–Crippen MR) is 126 cm³/mol. The standard InChI is InChI=1S/C26H30N2O.ClH/c1-29-25-15-9-8-14-22(25)18-28-17-16-24(27)23(19-28)26(20-10-4-2-5-11-20)21-12-6-3-7-13-21;/h2-15,23-24,26H,16-19,27H2,1H3;1H. The quantitative estimate of drug-likeness (QED) is 0.600. The number of ether oxygens (including phenoxy) is 1. The number of para-hydroxylation sites is 1. The van der Waals surface area contributed by atoms with Crippen LogP contribution >= 0.6 is 12.4 Å². The first-order chi connectivity index (χ1) is 14.3. The Morgan fingerprint density at radius 3 is 2.07 bits per heavy atom. The summed E-state index contributed by atoms with van der Waals surface area (Å²) < 4.78 is 5.57. The highest BCUT2D eigenvalue weighted by Crippen LogP contribution is 2.37. The van der Waals surface area contributed by atoms with E-state index in [9.17, 15) is 0 Å². The molecule has 1 aliphatic heterocycles. The van der Waals surface area contributed by atoms with Crippen LogP contribution in [0, 0.1) is 5.92 Å². The van der Waals surface area contributed by atoms with Crippen LogP contribution in [0.5, 0.6) is 5.75 Å². The molecule has 3 aromatic carbocycles. The molecule has 1 aliphatic rings. The smallest absolute Gasteiger partial charge is 0.123 e. The fourth-order valence-electron chi connectivity index (χ4n) is 4.65. The zero-order chi connectivity index (χ0) is 20.1. The minimum Gasteiger partial charge on any atom is -0.496 e. The Balaban J connectivity index is 0.00000256. The third-order valence-corrected chi connectivity index (χ3v) is 6.13. The summed E-state index contributed by atoms with van der Waals surface area (Å²) in [7, 11) is 1.74. The molecular formula is C26H31ClN2O. The van der Waals surface area contributed by atoms with Crippen molar-refractivity contribution in [2.45, 2.75) is 24.9 Å². The molecule has 2 unspecified atom stereocenters. The van der Waals surface area contributed by atoms with Crippen molar-refractivity contribution in [2.24, 2.45) is 11.7 Å². The predicted octanol–water partition coefficient (Wildman–Crippen LogP) is 5.10. The molecule has 1 heterocycles. The molecule has 2 atom stereocenters. The first-order valence-electron chi connectivity index (χ1n) is 10.5. The highest BCUT2D eigenvalue weighted by molar-refractivity contribution is 5.85. The first kappa shape index (κ1) is 22.4. The Bertz CT molecular complexity index is 864. The van der Waals surface area contributed by atoms with Crippen LogP contribution in [0.4, 0.5) is 0 Å². The van der Waals surface area contributed by atoms with E-state index >= 15 is 0 Å². The van der Waals surface area contributed by atoms with Gasteiger partial charge in [0.2, 0.25) is 0 Å². The van der Waals surface area contributed by atoms with Gasteiger partial charge in [0.25, 0.3) is 0 Å². The molecule has 4 rings (SSSR count). The van der Waals surface area contributed by atoms with Crippen LogP contribution in [0.2, 0.25) is 0 Å². The monoisotopic (exact) mass is 422 g/mol. The summed E-state index contributed by atoms with van der Waals surface area (Å²) in [6.45, 7) is 2.89. The number of methoxy groups -OCH3 is 1. The Kier molecular flexibility index (Phi) is 7.92. The van der Waals surface area contributed by atoms with E-state index in [1.54, 1.807) is 7.11 Å². The summed E-state index contributed by atoms with van der Waals surface area (Å²) in [5.41, 5.74) is 10.6. The molecule has 0 amide bonds. The number of hydrogen-bond acceptors (Lipinski definition) is 3. The van der Waals surface area contributed by atoms with Crippen molar-refractivity contribution in [1.82, 2.24) is 4.90 Å². The maximum absolute atomic E-state index is 6.71. The molecule has 158 valence electrons. The average Bonchev–Trinajstić information content (AvgIpc) is 2.78. The van der Waals surface area contributed by atoms with Crippen molar-refractivity contribution in [3.05, 3.63) is 102 Å². The summed E-state index contributed by atoms with van der Waals surface area (Å²) >= 11 is 0. The molecule has 1 saturated heterocycles. The highest BCUT2D eigenvalue weighted by atomic mass is 35.5. The van der Waals surface area contributed by atoms with Gasteiger partial charge in [0.15, 0.2) is 0 Å². The van der Waals surface area contributed by atoms with E-state index in [2.05, 4.69) is 77.7 Å². The van der Waals surface area contributed by atoms with E-state index in [1.165, 1.54) is 16.7 Å². The third-order valence-electron chi connectivity index (χ3n) is 6.13. The lowest BCUT2D eigenvalue weighted by atomic mass is 9.74. The van der Waals surface area contributed by atoms with Crippen molar-refractivity contribution in [1.29, 1.82) is 0 Å². The van der Waals surface area contributed by atoms with Gasteiger partial charge in [-0.1, -0.05) is 78.9 Å². The zero-order valence-corrected chi connectivity index (χ0v) is 18.3. The van der Waals surface area contributed by atoms with Crippen molar-refractivity contribution < 1.29 is 4.74 Å². The van der Waals surface area contributed by atoms with E-state index in [4.69, 9.17) is 10.5 Å². The molecule has 0 spiro atoms. The van der Waals surface area contributed by atoms with Crippen LogP contribution in [-0.2, 0) is 6.54 Å². The second-order valence-corrected chi connectivity index (χ2v) is 7.96. The van der Waals surface area contributed by atoms with Gasteiger partial charge in [0.1, 0.15) is 5.75 Å². The fourth-order valence-corrected chi connectivity index (χ4v) is 4.65. The van der Waals surface area contributed by atoms with Crippen molar-refractivity contribution >= 4 is 12.4 Å². The topological polar surface area (TPSA) is 38.5 Å². The lowest BCUT2D eigenvalue weighted by molar-refractivity contribution is 0.137. The summed E-state index contributed by atoms with van der Waals surface area (Å²) in [5, 5.41) is 0. The van der Waals surface area contributed by atoms with E-state index < -0.39 is 0 Å². The number of piperidine rings is 1. The van der Waals surface area contributed by atoms with Crippen molar-refractivity contribution in [3.63, 3.8) is 0 Å². The van der Waals surface area contributed by atoms with Gasteiger partial charge in [-0.15, -0.1) is 12.4 Å². The third kappa shape index (κ3) is 5.04. The van der Waals surface area contributed by atoms with Gasteiger partial charge in [0.05, 0.1) is 7.11 Å². The fraction of sp³-hybridized carbons (Fsp3) is 0.308. The average molecular weight is 423 g/mol. The number of hydrogen-bond donors (Lipinski definition) is 1. The Morgan fingerprint density at radius 1 is 0.900 bits per heavy atom. The lowest BCUT2D eigenvalue weighted by Gasteiger charge is -2.41. The molecule has 4 heteroatoms. The second-order valence-electron chi connectivity index (χ2n) is 7.96. The Morgan fingerprint density at radius 2 is 1.47 bits per heavy atom. The highest BCUT2D eigenvalue weighted by Gasteiger charge is 2.34. The van der Waals surface area contributed by atoms with Crippen molar-refractivity contribution in [3.8, 4) is 5.75 Å².